The Bertz CT molecular complexity index is 2580. The Balaban J connectivity index is 1.40. The number of carbonyl (C=O) groups is 6. The van der Waals surface area contributed by atoms with Crippen LogP contribution in [0.15, 0.2) is 83.4 Å². The summed E-state index contributed by atoms with van der Waals surface area (Å²) in [6.07, 6.45) is 7.78. The maximum Gasteiger partial charge on any atom is 0.326 e. The van der Waals surface area contributed by atoms with E-state index in [9.17, 15) is 33.9 Å². The van der Waals surface area contributed by atoms with Gasteiger partial charge in [-0.05, 0) is 81.2 Å². The summed E-state index contributed by atoms with van der Waals surface area (Å²) in [5, 5.41) is 25.2. The molecule has 376 valence electrons. The number of carboxylic acid groups (broad SMARTS) is 1. The van der Waals surface area contributed by atoms with Gasteiger partial charge in [0.05, 0.1) is 12.4 Å². The van der Waals surface area contributed by atoms with Gasteiger partial charge < -0.3 is 81.0 Å². The van der Waals surface area contributed by atoms with E-state index in [0.717, 1.165) is 27.4 Å². The number of amides is 5. The van der Waals surface area contributed by atoms with Crippen molar-refractivity contribution in [2.75, 3.05) is 19.6 Å². The van der Waals surface area contributed by atoms with Gasteiger partial charge in [0.15, 0.2) is 11.9 Å². The lowest BCUT2D eigenvalue weighted by atomic mass is 10.0. The molecule has 0 fully saturated rings. The van der Waals surface area contributed by atoms with E-state index >= 15 is 0 Å². The molecule has 70 heavy (non-hydrogen) atoms. The van der Waals surface area contributed by atoms with Crippen molar-refractivity contribution in [2.24, 2.45) is 44.4 Å². The fourth-order valence-corrected chi connectivity index (χ4v) is 7.85. The number of hydrogen-bond donors (Lipinski definition) is 15. The largest absolute Gasteiger partial charge is 0.480 e. The van der Waals surface area contributed by atoms with Crippen molar-refractivity contribution in [1.29, 1.82) is 0 Å². The minimum Gasteiger partial charge on any atom is -0.480 e. The number of nitrogens with two attached hydrogens (primary N) is 6. The van der Waals surface area contributed by atoms with E-state index in [-0.39, 0.29) is 76.4 Å². The summed E-state index contributed by atoms with van der Waals surface area (Å²) in [5.41, 5.74) is 37.7. The van der Waals surface area contributed by atoms with E-state index in [2.05, 4.69) is 56.5 Å². The number of carboxylic acids is 1. The van der Waals surface area contributed by atoms with Crippen LogP contribution >= 0.6 is 0 Å². The predicted octanol–water partition coefficient (Wildman–Crippen LogP) is -1.53. The maximum atomic E-state index is 14.7. The van der Waals surface area contributed by atoms with Crippen LogP contribution in [0.5, 0.6) is 0 Å². The molecule has 0 saturated heterocycles. The van der Waals surface area contributed by atoms with Crippen molar-refractivity contribution in [3.63, 3.8) is 0 Å². The third-order valence-corrected chi connectivity index (χ3v) is 11.5. The third-order valence-electron chi connectivity index (χ3n) is 11.5. The van der Waals surface area contributed by atoms with Crippen molar-refractivity contribution in [2.45, 2.75) is 100 Å². The van der Waals surface area contributed by atoms with Crippen LogP contribution in [0, 0.1) is 0 Å². The number of fused-ring (bicyclic) bond motifs is 2. The van der Waals surface area contributed by atoms with Gasteiger partial charge in [0, 0.05) is 72.0 Å². The lowest BCUT2D eigenvalue weighted by Crippen LogP contribution is -2.60. The number of rotatable bonds is 29. The fourth-order valence-electron chi connectivity index (χ4n) is 7.85. The van der Waals surface area contributed by atoms with E-state index < -0.39 is 71.8 Å². The fraction of sp³-hybridized carbons (Fsp3) is 0.413. The molecule has 3 heterocycles. The first kappa shape index (κ1) is 53.0. The first-order valence-corrected chi connectivity index (χ1v) is 23.0. The number of imidazole rings is 1. The molecular weight excluding hydrogens is 903 g/mol. The van der Waals surface area contributed by atoms with Crippen LogP contribution in [0.2, 0.25) is 0 Å². The van der Waals surface area contributed by atoms with Gasteiger partial charge in [0.25, 0.3) is 0 Å². The highest BCUT2D eigenvalue weighted by Crippen LogP contribution is 2.21. The van der Waals surface area contributed by atoms with Crippen molar-refractivity contribution >= 4 is 69.2 Å². The van der Waals surface area contributed by atoms with E-state index in [1.165, 1.54) is 12.5 Å². The summed E-state index contributed by atoms with van der Waals surface area (Å²) in [6, 6.07) is 7.37. The minimum absolute atomic E-state index is 0.0153. The van der Waals surface area contributed by atoms with Crippen LogP contribution in [0.4, 0.5) is 0 Å². The minimum atomic E-state index is -1.35. The molecular formula is C46H65N17O7. The number of unbranched alkanes of at least 4 members (excludes halogenated alkanes) is 1. The number of aliphatic imine (C=N–C) groups is 2. The average molecular weight is 968 g/mol. The maximum absolute atomic E-state index is 14.7. The molecule has 0 saturated carbocycles. The van der Waals surface area contributed by atoms with E-state index in [1.807, 2.05) is 48.5 Å². The number of para-hydroxylation sites is 2. The second-order valence-corrected chi connectivity index (χ2v) is 16.8. The average Bonchev–Trinajstić information content (AvgIpc) is 4.11. The number of hydrogen-bond acceptors (Lipinski definition) is 11. The molecule has 5 rings (SSSR count). The van der Waals surface area contributed by atoms with Gasteiger partial charge in [-0.3, -0.25) is 34.0 Å². The molecule has 2 aromatic carbocycles. The zero-order valence-corrected chi connectivity index (χ0v) is 38.8. The van der Waals surface area contributed by atoms with Crippen LogP contribution in [-0.2, 0) is 48.0 Å². The Morgan fingerprint density at radius 2 is 1.03 bits per heavy atom. The van der Waals surface area contributed by atoms with Crippen molar-refractivity contribution < 1.29 is 33.9 Å². The van der Waals surface area contributed by atoms with Crippen LogP contribution in [0.25, 0.3) is 21.8 Å². The number of H-pyrrole nitrogens is 3. The normalized spacial score (nSPS) is 13.7. The second-order valence-electron chi connectivity index (χ2n) is 16.8. The molecule has 0 spiro atoms. The smallest absolute Gasteiger partial charge is 0.326 e. The van der Waals surface area contributed by atoms with Gasteiger partial charge in [-0.25, -0.2) is 9.78 Å². The van der Waals surface area contributed by atoms with Gasteiger partial charge in [-0.2, -0.15) is 0 Å². The Morgan fingerprint density at radius 1 is 0.571 bits per heavy atom. The number of aliphatic carboxylic acids is 1. The molecule has 0 unspecified atom stereocenters. The number of nitrogens with one attached hydrogen (secondary N) is 8. The molecule has 24 heteroatoms. The summed E-state index contributed by atoms with van der Waals surface area (Å²) in [7, 11) is 0. The summed E-state index contributed by atoms with van der Waals surface area (Å²) in [4.78, 5) is 104. The third kappa shape index (κ3) is 16.1. The van der Waals surface area contributed by atoms with Gasteiger partial charge in [0.2, 0.25) is 29.5 Å². The van der Waals surface area contributed by atoms with Crippen LogP contribution in [0.1, 0.15) is 61.8 Å². The molecule has 21 N–H and O–H groups in total. The van der Waals surface area contributed by atoms with E-state index in [0.29, 0.717) is 30.6 Å². The summed E-state index contributed by atoms with van der Waals surface area (Å²) >= 11 is 0. The van der Waals surface area contributed by atoms with Crippen LogP contribution in [0.3, 0.4) is 0 Å². The summed E-state index contributed by atoms with van der Waals surface area (Å²) in [5.74, 6) is -5.35. The SMILES string of the molecule is NCCCC[C@H](NC(=O)[C@H](CCCN=C(N)N)NC(=O)[C@H](Cc1c[nH]c2ccccc12)NC(=O)[C@H](Cc1cnc[nH]1)NC(=O)[C@@H](N)Cc1c[nH]c2ccccc12)C(=O)N[C@@H](CCCN=C(N)N)C(=O)O. The summed E-state index contributed by atoms with van der Waals surface area (Å²) < 4.78 is 0. The first-order chi connectivity index (χ1) is 33.6. The Labute approximate surface area is 403 Å². The number of nitrogens with zero attached hydrogens (tertiary/aromatic N) is 3. The molecule has 5 amide bonds. The molecule has 3 aromatic heterocycles. The van der Waals surface area contributed by atoms with Crippen molar-refractivity contribution in [1.82, 2.24) is 46.5 Å². The highest BCUT2D eigenvalue weighted by Gasteiger charge is 2.34. The molecule has 0 aliphatic carbocycles. The zero-order valence-electron chi connectivity index (χ0n) is 38.8. The van der Waals surface area contributed by atoms with Gasteiger partial charge in [0.1, 0.15) is 30.2 Å². The number of aromatic nitrogens is 4. The van der Waals surface area contributed by atoms with Crippen LogP contribution in [-0.4, -0.2) is 128 Å². The van der Waals surface area contributed by atoms with Gasteiger partial charge in [-0.15, -0.1) is 0 Å². The molecule has 6 atom stereocenters. The van der Waals surface area contributed by atoms with Gasteiger partial charge >= 0.3 is 5.97 Å². The first-order valence-electron chi connectivity index (χ1n) is 23.0. The van der Waals surface area contributed by atoms with E-state index in [1.54, 1.807) is 12.4 Å². The topological polar surface area (TPSA) is 424 Å². The molecule has 0 radical (unpaired) electrons. The number of aromatic amines is 3. The predicted molar refractivity (Wildman–Crippen MR) is 264 cm³/mol. The number of benzene rings is 2. The zero-order chi connectivity index (χ0) is 50.6. The lowest BCUT2D eigenvalue weighted by molar-refractivity contribution is -0.142. The lowest BCUT2D eigenvalue weighted by Gasteiger charge is -2.27. The number of guanidine groups is 2. The second kappa shape index (κ2) is 26.5. The Morgan fingerprint density at radius 3 is 1.54 bits per heavy atom. The molecule has 0 aliphatic rings. The molecule has 24 nitrogen and oxygen atoms in total. The van der Waals surface area contributed by atoms with Crippen molar-refractivity contribution in [3.05, 3.63) is 90.3 Å². The van der Waals surface area contributed by atoms with Gasteiger partial charge in [-0.1, -0.05) is 36.4 Å². The highest BCUT2D eigenvalue weighted by molar-refractivity contribution is 5.97. The van der Waals surface area contributed by atoms with Crippen LogP contribution < -0.4 is 61.0 Å². The Hall–Kier alpha value is -7.99. The molecule has 5 aromatic rings. The molecule has 0 aliphatic heterocycles. The summed E-state index contributed by atoms with van der Waals surface area (Å²) in [6.45, 7) is 0.499. The Kier molecular flexibility index (Phi) is 20.1. The highest BCUT2D eigenvalue weighted by atomic mass is 16.4. The monoisotopic (exact) mass is 968 g/mol. The van der Waals surface area contributed by atoms with Crippen molar-refractivity contribution in [3.8, 4) is 0 Å². The quantitative estimate of drug-likeness (QED) is 0.0147. The number of carbonyl (C=O) groups excluding carboxylic acids is 5. The molecule has 0 bridgehead atoms. The van der Waals surface area contributed by atoms with E-state index in [4.69, 9.17) is 34.4 Å². The standard InChI is InChI=1S/C46H65N17O7/c47-16-6-5-13-34(41(66)61-36(44(69)70)15-8-18-55-46(51)52)59-40(65)35(14-7-17-54-45(49)50)60-42(67)37(20-27-23-57-33-12-4-2-10-30(27)33)63-43(68)38(21-28-24-53-25-58-28)62-39(64)31(48)19-26-22-56-32-11-3-1-9-29(26)32/h1-4,9-12,22-25,31,34-38,56-57H,5-8,13-21,47-48H2,(H,53,58)(H,59,65)(H,60,67)(H,61,66)(H,62,64)(H,63,68)(H,69,70)(H4,49,50,54)(H4,51,52,55)/t31-,34-,35-,36-,37-,38-/m0/s1.